The first-order chi connectivity index (χ1) is 10.6. The molecule has 2 N–H and O–H groups in total. The Kier molecular flexibility index (Phi) is 5.89. The van der Waals surface area contributed by atoms with Gasteiger partial charge in [-0.2, -0.15) is 0 Å². The zero-order valence-corrected chi connectivity index (χ0v) is 12.9. The van der Waals surface area contributed by atoms with Gasteiger partial charge in [-0.3, -0.25) is 14.6 Å². The highest BCUT2D eigenvalue weighted by Crippen LogP contribution is 2.25. The fraction of sp³-hybridized carbons (Fsp3) is 0.562. The number of nitrogens with one attached hydrogen (secondary N) is 1. The summed E-state index contributed by atoms with van der Waals surface area (Å²) in [5.41, 5.74) is 1.86. The lowest BCUT2D eigenvalue weighted by molar-refractivity contribution is -0.135. The van der Waals surface area contributed by atoms with Crippen LogP contribution in [0.4, 0.5) is 0 Å². The predicted octanol–water partition coefficient (Wildman–Crippen LogP) is 0.459. The number of carbonyl (C=O) groups excluding carboxylic acids is 2. The van der Waals surface area contributed by atoms with Gasteiger partial charge in [-0.15, -0.1) is 0 Å². The number of amides is 2. The van der Waals surface area contributed by atoms with Crippen LogP contribution in [-0.2, 0) is 16.0 Å². The summed E-state index contributed by atoms with van der Waals surface area (Å²) in [4.78, 5) is 29.3. The molecule has 0 radical (unpaired) electrons. The average molecular weight is 305 g/mol. The number of hydrogen-bond donors (Lipinski definition) is 2. The number of nitrogens with zero attached hydrogens (tertiary/aromatic N) is 2. The summed E-state index contributed by atoms with van der Waals surface area (Å²) in [6.07, 6.45) is 2.94. The largest absolute Gasteiger partial charge is 0.387 e. The van der Waals surface area contributed by atoms with Crippen LogP contribution in [0, 0.1) is 0 Å². The molecule has 2 amide bonds. The Hall–Kier alpha value is -1.95. The highest BCUT2D eigenvalue weighted by molar-refractivity contribution is 5.77. The summed E-state index contributed by atoms with van der Waals surface area (Å²) in [5.74, 6) is -0.0192. The first-order valence-corrected chi connectivity index (χ1v) is 7.69. The van der Waals surface area contributed by atoms with Gasteiger partial charge in [0, 0.05) is 43.9 Å². The van der Waals surface area contributed by atoms with Crippen molar-refractivity contribution in [1.82, 2.24) is 15.2 Å². The summed E-state index contributed by atoms with van der Waals surface area (Å²) >= 11 is 0. The van der Waals surface area contributed by atoms with E-state index in [1.54, 1.807) is 11.9 Å². The van der Waals surface area contributed by atoms with E-state index in [9.17, 15) is 9.59 Å². The molecule has 1 fully saturated rings. The van der Waals surface area contributed by atoms with Gasteiger partial charge in [0.15, 0.2) is 0 Å². The third-order valence-electron chi connectivity index (χ3n) is 4.04. The molecule has 0 saturated carbocycles. The highest BCUT2D eigenvalue weighted by atomic mass is 16.3. The number of pyridine rings is 1. The molecule has 2 rings (SSSR count). The van der Waals surface area contributed by atoms with Gasteiger partial charge >= 0.3 is 0 Å². The lowest BCUT2D eigenvalue weighted by atomic mass is 9.94. The Morgan fingerprint density at radius 1 is 1.45 bits per heavy atom. The number of aromatic nitrogens is 1. The Bertz CT molecular complexity index is 533. The number of likely N-dealkylation sites (tertiary alicyclic amines) is 1. The minimum absolute atomic E-state index is 0.00425. The first-order valence-electron chi connectivity index (χ1n) is 7.69. The Labute approximate surface area is 130 Å². The molecule has 22 heavy (non-hydrogen) atoms. The van der Waals surface area contributed by atoms with Crippen molar-refractivity contribution >= 4 is 11.8 Å². The molecule has 1 atom stereocenters. The second-order valence-electron chi connectivity index (χ2n) is 5.56. The standard InChI is InChI=1S/C16H23N3O3/c1-17-15(21)8-7-13-5-2-6-14(18-13)12-4-3-9-19(10-12)16(22)11-20/h2,5-6,12,20H,3-4,7-11H2,1H3,(H,17,21)/t12-/m0/s1. The van der Waals surface area contributed by atoms with Gasteiger partial charge in [-0.25, -0.2) is 0 Å². The van der Waals surface area contributed by atoms with Crippen LogP contribution in [0.2, 0.25) is 0 Å². The topological polar surface area (TPSA) is 82.5 Å². The summed E-state index contributed by atoms with van der Waals surface area (Å²) in [6, 6.07) is 5.85. The number of hydrogen-bond acceptors (Lipinski definition) is 4. The Morgan fingerprint density at radius 2 is 2.27 bits per heavy atom. The van der Waals surface area contributed by atoms with Crippen LogP contribution < -0.4 is 5.32 Å². The van der Waals surface area contributed by atoms with E-state index >= 15 is 0 Å². The Balaban J connectivity index is 2.02. The van der Waals surface area contributed by atoms with Crippen LogP contribution in [0.15, 0.2) is 18.2 Å². The molecule has 6 heteroatoms. The van der Waals surface area contributed by atoms with Crippen molar-refractivity contribution in [1.29, 1.82) is 0 Å². The number of aliphatic hydroxyl groups excluding tert-OH is 1. The number of aryl methyl sites for hydroxylation is 1. The molecule has 1 saturated heterocycles. The molecule has 1 aromatic rings. The van der Waals surface area contributed by atoms with Crippen molar-refractivity contribution in [3.63, 3.8) is 0 Å². The summed E-state index contributed by atoms with van der Waals surface area (Å²) < 4.78 is 0. The maximum atomic E-state index is 11.6. The van der Waals surface area contributed by atoms with Crippen molar-refractivity contribution in [3.8, 4) is 0 Å². The van der Waals surface area contributed by atoms with Crippen LogP contribution in [0.5, 0.6) is 0 Å². The van der Waals surface area contributed by atoms with E-state index in [4.69, 9.17) is 5.11 Å². The van der Waals surface area contributed by atoms with Gasteiger partial charge in [0.05, 0.1) is 0 Å². The lowest BCUT2D eigenvalue weighted by Crippen LogP contribution is -2.40. The lowest BCUT2D eigenvalue weighted by Gasteiger charge is -2.32. The second-order valence-corrected chi connectivity index (χ2v) is 5.56. The molecule has 1 aliphatic rings. The molecule has 2 heterocycles. The van der Waals surface area contributed by atoms with E-state index < -0.39 is 6.61 Å². The van der Waals surface area contributed by atoms with Crippen molar-refractivity contribution in [2.75, 3.05) is 26.7 Å². The van der Waals surface area contributed by atoms with Crippen molar-refractivity contribution in [3.05, 3.63) is 29.6 Å². The van der Waals surface area contributed by atoms with E-state index in [-0.39, 0.29) is 17.7 Å². The van der Waals surface area contributed by atoms with Crippen molar-refractivity contribution in [2.45, 2.75) is 31.6 Å². The van der Waals surface area contributed by atoms with Crippen molar-refractivity contribution in [2.24, 2.45) is 0 Å². The molecular weight excluding hydrogens is 282 g/mol. The number of rotatable bonds is 5. The predicted molar refractivity (Wildman–Crippen MR) is 82.3 cm³/mol. The van der Waals surface area contributed by atoms with Crippen LogP contribution in [-0.4, -0.2) is 53.5 Å². The minimum Gasteiger partial charge on any atom is -0.387 e. The second kappa shape index (κ2) is 7.89. The van der Waals surface area contributed by atoms with E-state index in [1.807, 2.05) is 18.2 Å². The molecule has 0 aliphatic carbocycles. The van der Waals surface area contributed by atoms with Gasteiger partial charge in [-0.05, 0) is 31.4 Å². The average Bonchev–Trinajstić information content (AvgIpc) is 2.59. The molecule has 120 valence electrons. The quantitative estimate of drug-likeness (QED) is 0.828. The smallest absolute Gasteiger partial charge is 0.248 e. The van der Waals surface area contributed by atoms with Gasteiger partial charge in [-0.1, -0.05) is 6.07 Å². The highest BCUT2D eigenvalue weighted by Gasteiger charge is 2.25. The van der Waals surface area contributed by atoms with Crippen LogP contribution >= 0.6 is 0 Å². The molecule has 6 nitrogen and oxygen atoms in total. The monoisotopic (exact) mass is 305 g/mol. The van der Waals surface area contributed by atoms with Gasteiger partial charge in [0.25, 0.3) is 0 Å². The molecule has 1 aliphatic heterocycles. The van der Waals surface area contributed by atoms with E-state index in [0.717, 1.165) is 24.2 Å². The normalized spacial score (nSPS) is 18.1. The maximum Gasteiger partial charge on any atom is 0.248 e. The molecule has 0 bridgehead atoms. The van der Waals surface area contributed by atoms with Crippen LogP contribution in [0.25, 0.3) is 0 Å². The molecule has 0 unspecified atom stereocenters. The van der Waals surface area contributed by atoms with E-state index in [0.29, 0.717) is 25.9 Å². The first kappa shape index (κ1) is 16.4. The molecular formula is C16H23N3O3. The molecule has 1 aromatic heterocycles. The Morgan fingerprint density at radius 3 is 3.00 bits per heavy atom. The van der Waals surface area contributed by atoms with Crippen molar-refractivity contribution < 1.29 is 14.7 Å². The number of aliphatic hydroxyl groups is 1. The van der Waals surface area contributed by atoms with Gasteiger partial charge < -0.3 is 15.3 Å². The summed E-state index contributed by atoms with van der Waals surface area (Å²) in [5, 5.41) is 11.6. The number of carbonyl (C=O) groups is 2. The van der Waals surface area contributed by atoms with E-state index in [1.165, 1.54) is 0 Å². The van der Waals surface area contributed by atoms with Gasteiger partial charge in [0.2, 0.25) is 11.8 Å². The third kappa shape index (κ3) is 4.27. The fourth-order valence-corrected chi connectivity index (χ4v) is 2.78. The minimum atomic E-state index is -0.438. The molecule has 0 aromatic carbocycles. The summed E-state index contributed by atoms with van der Waals surface area (Å²) in [6.45, 7) is 0.865. The van der Waals surface area contributed by atoms with Gasteiger partial charge in [0.1, 0.15) is 6.61 Å². The maximum absolute atomic E-state index is 11.6. The van der Waals surface area contributed by atoms with Crippen LogP contribution in [0.3, 0.4) is 0 Å². The number of piperidine rings is 1. The zero-order valence-electron chi connectivity index (χ0n) is 12.9. The molecule has 0 spiro atoms. The fourth-order valence-electron chi connectivity index (χ4n) is 2.78. The van der Waals surface area contributed by atoms with E-state index in [2.05, 4.69) is 10.3 Å². The third-order valence-corrected chi connectivity index (χ3v) is 4.04. The van der Waals surface area contributed by atoms with Crippen LogP contribution in [0.1, 0.15) is 36.6 Å². The summed E-state index contributed by atoms with van der Waals surface area (Å²) in [7, 11) is 1.63. The zero-order chi connectivity index (χ0) is 15.9. The SMILES string of the molecule is CNC(=O)CCc1cccc([C@H]2CCCN(C(=O)CO)C2)n1.